The first-order chi connectivity index (χ1) is 13.5. The van der Waals surface area contributed by atoms with Crippen LogP contribution in [0.15, 0.2) is 34.9 Å². The summed E-state index contributed by atoms with van der Waals surface area (Å²) in [4.78, 5) is 18.0. The molecule has 5 heterocycles. The van der Waals surface area contributed by atoms with Crippen molar-refractivity contribution in [2.75, 3.05) is 19.6 Å². The Kier molecular flexibility index (Phi) is 4.19. The van der Waals surface area contributed by atoms with Crippen molar-refractivity contribution in [1.82, 2.24) is 15.0 Å². The fourth-order valence-electron chi connectivity index (χ4n) is 5.51. The molecule has 1 amide bonds. The van der Waals surface area contributed by atoms with Crippen LogP contribution in [0.4, 0.5) is 0 Å². The van der Waals surface area contributed by atoms with Gasteiger partial charge in [0.15, 0.2) is 0 Å². The minimum Gasteiger partial charge on any atom is -0.508 e. The fraction of sp³-hybridized carbons (Fsp3) is 0.545. The van der Waals surface area contributed by atoms with E-state index in [1.54, 1.807) is 12.1 Å². The predicted molar refractivity (Wildman–Crippen MR) is 104 cm³/mol. The predicted octanol–water partition coefficient (Wildman–Crippen LogP) is 3.21. The van der Waals surface area contributed by atoms with Gasteiger partial charge in [-0.15, -0.1) is 0 Å². The van der Waals surface area contributed by atoms with E-state index in [0.717, 1.165) is 37.2 Å². The number of nitrogens with zero attached hydrogens (tertiary/aromatic N) is 3. The van der Waals surface area contributed by atoms with Gasteiger partial charge in [-0.25, -0.2) is 0 Å². The van der Waals surface area contributed by atoms with Crippen molar-refractivity contribution in [2.45, 2.75) is 50.6 Å². The molecule has 2 bridgehead atoms. The number of hydrogen-bond acceptors (Lipinski definition) is 5. The van der Waals surface area contributed by atoms with Gasteiger partial charge in [0.2, 0.25) is 5.76 Å². The molecule has 0 spiro atoms. The fourth-order valence-corrected chi connectivity index (χ4v) is 5.51. The molecule has 0 unspecified atom stereocenters. The monoisotopic (exact) mass is 381 g/mol. The summed E-state index contributed by atoms with van der Waals surface area (Å²) in [5, 5.41) is 14.1. The summed E-state index contributed by atoms with van der Waals surface area (Å²) in [5.41, 5.74) is 1.93. The summed E-state index contributed by atoms with van der Waals surface area (Å²) in [6.07, 6.45) is 2.29. The van der Waals surface area contributed by atoms with Crippen molar-refractivity contribution in [3.8, 4) is 5.75 Å². The first-order valence-corrected chi connectivity index (χ1v) is 10.3. The molecule has 0 saturated carbocycles. The Morgan fingerprint density at radius 2 is 2.00 bits per heavy atom. The van der Waals surface area contributed by atoms with E-state index in [4.69, 9.17) is 4.52 Å². The number of carbonyl (C=O) groups is 1. The molecule has 3 atom stereocenters. The van der Waals surface area contributed by atoms with Crippen LogP contribution in [0.1, 0.15) is 60.3 Å². The number of phenolic OH excluding ortho intramolecular Hbond substituents is 1. The minimum absolute atomic E-state index is 0.0502. The van der Waals surface area contributed by atoms with Gasteiger partial charge in [-0.3, -0.25) is 9.69 Å². The average molecular weight is 381 g/mol. The summed E-state index contributed by atoms with van der Waals surface area (Å²) in [6.45, 7) is 6.95. The van der Waals surface area contributed by atoms with Gasteiger partial charge in [0.05, 0.1) is 11.7 Å². The van der Waals surface area contributed by atoms with Crippen LogP contribution in [0.25, 0.3) is 0 Å². The van der Waals surface area contributed by atoms with Crippen LogP contribution in [0.5, 0.6) is 5.75 Å². The topological polar surface area (TPSA) is 69.8 Å². The number of piperidine rings is 3. The Labute approximate surface area is 165 Å². The van der Waals surface area contributed by atoms with Crippen LogP contribution in [0.3, 0.4) is 0 Å². The molecule has 4 aliphatic heterocycles. The van der Waals surface area contributed by atoms with Crippen LogP contribution in [-0.4, -0.2) is 57.7 Å². The van der Waals surface area contributed by atoms with Crippen LogP contribution < -0.4 is 0 Å². The molecule has 148 valence electrons. The third-order valence-corrected chi connectivity index (χ3v) is 6.88. The third kappa shape index (κ3) is 2.73. The highest BCUT2D eigenvalue weighted by molar-refractivity contribution is 5.92. The molecule has 4 fully saturated rings. The van der Waals surface area contributed by atoms with Crippen molar-refractivity contribution in [1.29, 1.82) is 0 Å². The van der Waals surface area contributed by atoms with Crippen LogP contribution in [-0.2, 0) is 0 Å². The first-order valence-electron chi connectivity index (χ1n) is 10.3. The van der Waals surface area contributed by atoms with Gasteiger partial charge in [0.25, 0.3) is 5.91 Å². The summed E-state index contributed by atoms with van der Waals surface area (Å²) >= 11 is 0. The van der Waals surface area contributed by atoms with Crippen molar-refractivity contribution < 1.29 is 14.4 Å². The van der Waals surface area contributed by atoms with E-state index in [1.165, 1.54) is 0 Å². The van der Waals surface area contributed by atoms with Crippen molar-refractivity contribution >= 4 is 5.91 Å². The molecule has 0 aliphatic carbocycles. The number of benzene rings is 1. The number of rotatable bonds is 3. The van der Waals surface area contributed by atoms with E-state index in [2.05, 4.69) is 16.1 Å². The molecule has 2 aromatic rings. The third-order valence-electron chi connectivity index (χ3n) is 6.88. The number of phenols is 1. The van der Waals surface area contributed by atoms with Gasteiger partial charge >= 0.3 is 0 Å². The van der Waals surface area contributed by atoms with E-state index >= 15 is 0 Å². The van der Waals surface area contributed by atoms with E-state index in [9.17, 15) is 9.90 Å². The van der Waals surface area contributed by atoms with Gasteiger partial charge in [0, 0.05) is 24.6 Å². The quantitative estimate of drug-likeness (QED) is 0.884. The van der Waals surface area contributed by atoms with Gasteiger partial charge in [-0.05, 0) is 55.5 Å². The maximum atomic E-state index is 13.4. The van der Waals surface area contributed by atoms with E-state index in [1.807, 2.05) is 30.9 Å². The van der Waals surface area contributed by atoms with Crippen LogP contribution in [0.2, 0.25) is 0 Å². The lowest BCUT2D eigenvalue weighted by molar-refractivity contribution is -0.00452. The highest BCUT2D eigenvalue weighted by Crippen LogP contribution is 2.47. The number of fused-ring (bicyclic) bond motifs is 2. The van der Waals surface area contributed by atoms with Crippen molar-refractivity contribution in [3.05, 3.63) is 47.3 Å². The summed E-state index contributed by atoms with van der Waals surface area (Å²) < 4.78 is 5.43. The minimum atomic E-state index is -0.0502. The van der Waals surface area contributed by atoms with Gasteiger partial charge < -0.3 is 14.5 Å². The number of aromatic nitrogens is 1. The number of likely N-dealkylation sites (tertiary alicyclic amines) is 1. The number of amides is 1. The second kappa shape index (κ2) is 6.62. The molecule has 0 radical (unpaired) electrons. The molecule has 28 heavy (non-hydrogen) atoms. The molecule has 1 aromatic heterocycles. The molecular weight excluding hydrogens is 354 g/mol. The van der Waals surface area contributed by atoms with Gasteiger partial charge in [0.1, 0.15) is 5.75 Å². The Hall–Kier alpha value is -2.34. The SMILES string of the molecule is CC(C)c1cc(C(=O)N2C[C@@H](c3cccc(O)c3)[C@@H]3[C@H]2C2CCN3CC2)on1. The largest absolute Gasteiger partial charge is 0.508 e. The van der Waals surface area contributed by atoms with Crippen molar-refractivity contribution in [2.24, 2.45) is 5.92 Å². The zero-order chi connectivity index (χ0) is 19.4. The van der Waals surface area contributed by atoms with Crippen LogP contribution in [0, 0.1) is 5.92 Å². The second-order valence-corrected chi connectivity index (χ2v) is 8.78. The molecule has 6 nitrogen and oxygen atoms in total. The highest BCUT2D eigenvalue weighted by Gasteiger charge is 2.55. The lowest BCUT2D eigenvalue weighted by Gasteiger charge is -2.51. The molecule has 4 aliphatic rings. The van der Waals surface area contributed by atoms with E-state index in [0.29, 0.717) is 24.3 Å². The Balaban J connectivity index is 1.50. The lowest BCUT2D eigenvalue weighted by Crippen LogP contribution is -2.60. The number of carbonyl (C=O) groups excluding carboxylic acids is 1. The average Bonchev–Trinajstić information content (AvgIpc) is 3.35. The molecule has 1 aromatic carbocycles. The summed E-state index contributed by atoms with van der Waals surface area (Å²) in [5.74, 6) is 1.55. The maximum absolute atomic E-state index is 13.4. The normalized spacial score (nSPS) is 31.4. The molecule has 4 saturated heterocycles. The molecule has 6 heteroatoms. The lowest BCUT2D eigenvalue weighted by atomic mass is 9.75. The van der Waals surface area contributed by atoms with Crippen LogP contribution >= 0.6 is 0 Å². The Bertz CT molecular complexity index is 885. The van der Waals surface area contributed by atoms with Gasteiger partial charge in [-0.2, -0.15) is 0 Å². The molecule has 6 rings (SSSR count). The smallest absolute Gasteiger partial charge is 0.292 e. The zero-order valence-corrected chi connectivity index (χ0v) is 16.4. The summed E-state index contributed by atoms with van der Waals surface area (Å²) in [7, 11) is 0. The molecule has 1 N–H and O–H groups in total. The standard InChI is InChI=1S/C22H27N3O3/c1-13(2)18-11-19(28-23-18)22(27)25-12-17(15-4-3-5-16(26)10-15)21-20(25)14-6-8-24(21)9-7-14/h3-5,10-11,13-14,17,20-21,26H,6-9,12H2,1-2H3/t17-,20+,21+/m0/s1. The van der Waals surface area contributed by atoms with Crippen molar-refractivity contribution in [3.63, 3.8) is 0 Å². The Morgan fingerprint density at radius 1 is 1.21 bits per heavy atom. The number of aromatic hydroxyl groups is 1. The van der Waals surface area contributed by atoms with Gasteiger partial charge in [-0.1, -0.05) is 31.1 Å². The first kappa shape index (κ1) is 17.7. The Morgan fingerprint density at radius 3 is 2.68 bits per heavy atom. The number of hydrogen-bond donors (Lipinski definition) is 1. The zero-order valence-electron chi connectivity index (χ0n) is 16.4. The summed E-state index contributed by atoms with van der Waals surface area (Å²) in [6, 6.07) is 9.83. The second-order valence-electron chi connectivity index (χ2n) is 8.78. The van der Waals surface area contributed by atoms with E-state index in [-0.39, 0.29) is 29.5 Å². The maximum Gasteiger partial charge on any atom is 0.292 e. The van der Waals surface area contributed by atoms with E-state index < -0.39 is 0 Å². The highest BCUT2D eigenvalue weighted by atomic mass is 16.5. The molecular formula is C22H27N3O3.